The number of phenolic OH excluding ortho intramolecular Hbond substituents is 1. The molecule has 4 N–H and O–H groups in total. The van der Waals surface area contributed by atoms with Crippen LogP contribution < -0.4 is 10.1 Å². The van der Waals surface area contributed by atoms with Crippen molar-refractivity contribution in [3.63, 3.8) is 0 Å². The molecule has 1 spiro atoms. The Bertz CT molecular complexity index is 1080. The highest BCUT2D eigenvalue weighted by Gasteiger charge is 2.75. The van der Waals surface area contributed by atoms with Crippen molar-refractivity contribution in [1.29, 1.82) is 0 Å². The molecular formula is C25H30N2O6. The first kappa shape index (κ1) is 20.2. The minimum Gasteiger partial charge on any atom is -0.504 e. The second kappa shape index (κ2) is 6.29. The Labute approximate surface area is 191 Å². The standard InChI is InChI=1S/C25H30N2O6/c28-12-23(5-6-23)26-22(31)15-10-25(32)17-9-14-3-4-16(29)20-18(14)24(25,21(33-20)19(15)30)7-8-27(17)11-13-1-2-13/h3-4,13,15,17,21,28-29,32H,1-2,5-12H2,(H,26,31)/t15?,17-,21+,24+,25-/m1/s1. The zero-order chi connectivity index (χ0) is 22.8. The Balaban J connectivity index is 1.34. The minimum absolute atomic E-state index is 0.0234. The fourth-order valence-electron chi connectivity index (χ4n) is 7.35. The fourth-order valence-corrected chi connectivity index (χ4v) is 7.35. The molecule has 7 rings (SSSR count). The molecule has 2 heterocycles. The van der Waals surface area contributed by atoms with E-state index in [4.69, 9.17) is 4.74 Å². The van der Waals surface area contributed by atoms with E-state index in [0.29, 0.717) is 37.4 Å². The summed E-state index contributed by atoms with van der Waals surface area (Å²) in [6, 6.07) is 3.30. The molecule has 6 aliphatic rings. The number of nitrogens with zero attached hydrogens (tertiary/aromatic N) is 1. The van der Waals surface area contributed by atoms with Gasteiger partial charge in [-0.1, -0.05) is 6.07 Å². The van der Waals surface area contributed by atoms with E-state index in [-0.39, 0.29) is 30.6 Å². The third kappa shape index (κ3) is 2.47. The number of aliphatic hydroxyl groups is 2. The van der Waals surface area contributed by atoms with Crippen molar-refractivity contribution >= 4 is 11.7 Å². The van der Waals surface area contributed by atoms with Crippen molar-refractivity contribution < 1.29 is 29.6 Å². The third-order valence-electron chi connectivity index (χ3n) is 9.49. The Hall–Kier alpha value is -2.16. The zero-order valence-corrected chi connectivity index (χ0v) is 18.5. The summed E-state index contributed by atoms with van der Waals surface area (Å²) < 4.78 is 6.16. The lowest BCUT2D eigenvalue weighted by Gasteiger charge is -2.63. The van der Waals surface area contributed by atoms with E-state index < -0.39 is 34.5 Å². The van der Waals surface area contributed by atoms with E-state index in [0.717, 1.165) is 24.2 Å². The maximum Gasteiger partial charge on any atom is 0.231 e. The zero-order valence-electron chi connectivity index (χ0n) is 18.5. The van der Waals surface area contributed by atoms with Gasteiger partial charge < -0.3 is 25.4 Å². The summed E-state index contributed by atoms with van der Waals surface area (Å²) in [5, 5.41) is 35.7. The number of aliphatic hydroxyl groups excluding tert-OH is 1. The smallest absolute Gasteiger partial charge is 0.231 e. The van der Waals surface area contributed by atoms with Gasteiger partial charge in [0, 0.05) is 18.2 Å². The van der Waals surface area contributed by atoms with Gasteiger partial charge in [-0.25, -0.2) is 0 Å². The molecule has 0 aromatic heterocycles. The number of rotatable bonds is 5. The number of hydrogen-bond donors (Lipinski definition) is 4. The van der Waals surface area contributed by atoms with Crippen molar-refractivity contribution in [1.82, 2.24) is 10.2 Å². The number of Topliss-reactive ketones (excluding diaryl/α,β-unsaturated/α-hetero) is 1. The largest absolute Gasteiger partial charge is 0.504 e. The highest BCUT2D eigenvalue weighted by atomic mass is 16.5. The lowest BCUT2D eigenvalue weighted by Crippen LogP contribution is -2.78. The van der Waals surface area contributed by atoms with Crippen LogP contribution in [0.1, 0.15) is 49.7 Å². The highest BCUT2D eigenvalue weighted by molar-refractivity contribution is 6.06. The molecule has 176 valence electrons. The molecule has 8 nitrogen and oxygen atoms in total. The maximum atomic E-state index is 13.8. The van der Waals surface area contributed by atoms with Crippen molar-refractivity contribution in [3.05, 3.63) is 23.3 Å². The van der Waals surface area contributed by atoms with Crippen LogP contribution in [0.5, 0.6) is 11.5 Å². The summed E-state index contributed by atoms with van der Waals surface area (Å²) in [4.78, 5) is 29.4. The lowest BCUT2D eigenvalue weighted by atomic mass is 9.47. The SMILES string of the molecule is O=C(NC1(CO)CC1)C1C[C@@]2(O)[C@H]3Cc4ccc(O)c5c4[C@@]2(CCN3CC2CC2)[C@@H](O5)C1=O. The molecule has 3 saturated carbocycles. The molecular weight excluding hydrogens is 424 g/mol. The monoisotopic (exact) mass is 454 g/mol. The van der Waals surface area contributed by atoms with E-state index in [9.17, 15) is 24.9 Å². The van der Waals surface area contributed by atoms with E-state index in [1.54, 1.807) is 6.07 Å². The van der Waals surface area contributed by atoms with Crippen molar-refractivity contribution in [2.45, 2.75) is 73.6 Å². The first-order chi connectivity index (χ1) is 15.8. The van der Waals surface area contributed by atoms with Gasteiger partial charge in [-0.05, 0) is 69.0 Å². The quantitative estimate of drug-likeness (QED) is 0.475. The lowest BCUT2D eigenvalue weighted by molar-refractivity contribution is -0.198. The van der Waals surface area contributed by atoms with Gasteiger partial charge in [0.05, 0.1) is 23.2 Å². The minimum atomic E-state index is -1.32. The van der Waals surface area contributed by atoms with Crippen LogP contribution in [0.3, 0.4) is 0 Å². The number of benzene rings is 1. The van der Waals surface area contributed by atoms with E-state index in [1.807, 2.05) is 6.07 Å². The first-order valence-electron chi connectivity index (χ1n) is 12.3. The highest BCUT2D eigenvalue weighted by Crippen LogP contribution is 2.65. The molecule has 33 heavy (non-hydrogen) atoms. The van der Waals surface area contributed by atoms with Crippen LogP contribution in [-0.4, -0.2) is 74.9 Å². The summed E-state index contributed by atoms with van der Waals surface area (Å²) in [5.74, 6) is -0.879. The second-order valence-corrected chi connectivity index (χ2v) is 11.3. The first-order valence-corrected chi connectivity index (χ1v) is 12.3. The number of hydrogen-bond acceptors (Lipinski definition) is 7. The van der Waals surface area contributed by atoms with Crippen LogP contribution in [0.25, 0.3) is 0 Å². The number of carbonyl (C=O) groups is 2. The van der Waals surface area contributed by atoms with Crippen molar-refractivity contribution in [2.75, 3.05) is 19.7 Å². The number of nitrogens with one attached hydrogen (secondary N) is 1. The number of amides is 1. The van der Waals surface area contributed by atoms with Crippen LogP contribution in [0.4, 0.5) is 0 Å². The topological polar surface area (TPSA) is 119 Å². The molecule has 8 heteroatoms. The molecule has 1 amide bonds. The Morgan fingerprint density at radius 3 is 2.73 bits per heavy atom. The number of ketones is 1. The van der Waals surface area contributed by atoms with Gasteiger partial charge in [0.1, 0.15) is 5.92 Å². The molecule has 2 aliphatic heterocycles. The third-order valence-corrected chi connectivity index (χ3v) is 9.49. The van der Waals surface area contributed by atoms with Crippen LogP contribution in [0, 0.1) is 11.8 Å². The van der Waals surface area contributed by atoms with Crippen molar-refractivity contribution in [3.8, 4) is 11.5 Å². The van der Waals surface area contributed by atoms with Crippen LogP contribution >= 0.6 is 0 Å². The fraction of sp³-hybridized carbons (Fsp3) is 0.680. The summed E-state index contributed by atoms with van der Waals surface area (Å²) in [6.07, 6.45) is 3.99. The maximum absolute atomic E-state index is 13.8. The molecule has 4 fully saturated rings. The average molecular weight is 455 g/mol. The Kier molecular flexibility index (Phi) is 3.85. The summed E-state index contributed by atoms with van der Waals surface area (Å²) in [5.41, 5.74) is -1.10. The van der Waals surface area contributed by atoms with Gasteiger partial charge in [-0.3, -0.25) is 14.5 Å². The summed E-state index contributed by atoms with van der Waals surface area (Å²) in [7, 11) is 0. The summed E-state index contributed by atoms with van der Waals surface area (Å²) in [6.45, 7) is 1.52. The van der Waals surface area contributed by atoms with Crippen LogP contribution in [0.15, 0.2) is 12.1 Å². The van der Waals surface area contributed by atoms with Gasteiger partial charge in [0.25, 0.3) is 0 Å². The van der Waals surface area contributed by atoms with Crippen LogP contribution in [0.2, 0.25) is 0 Å². The van der Waals surface area contributed by atoms with Crippen molar-refractivity contribution in [2.24, 2.45) is 11.8 Å². The molecule has 2 bridgehead atoms. The van der Waals surface area contributed by atoms with Gasteiger partial charge in [0.15, 0.2) is 23.4 Å². The average Bonchev–Trinajstić information content (AvgIpc) is 3.71. The number of aromatic hydroxyl groups is 1. The molecule has 1 aromatic rings. The number of ether oxygens (including phenoxy) is 1. The number of piperidine rings is 1. The van der Waals surface area contributed by atoms with E-state index >= 15 is 0 Å². The molecule has 1 aromatic carbocycles. The number of phenols is 1. The second-order valence-electron chi connectivity index (χ2n) is 11.3. The molecule has 0 radical (unpaired) electrons. The number of likely N-dealkylation sites (tertiary alicyclic amines) is 1. The normalized spacial score (nSPS) is 39.6. The Morgan fingerprint density at radius 1 is 1.24 bits per heavy atom. The molecule has 1 saturated heterocycles. The van der Waals surface area contributed by atoms with E-state index in [1.165, 1.54) is 12.8 Å². The van der Waals surface area contributed by atoms with Gasteiger partial charge in [0.2, 0.25) is 5.91 Å². The van der Waals surface area contributed by atoms with Gasteiger partial charge in [-0.2, -0.15) is 0 Å². The van der Waals surface area contributed by atoms with E-state index in [2.05, 4.69) is 10.2 Å². The molecule has 5 atom stereocenters. The van der Waals surface area contributed by atoms with Gasteiger partial charge >= 0.3 is 0 Å². The summed E-state index contributed by atoms with van der Waals surface area (Å²) >= 11 is 0. The predicted octanol–water partition coefficient (Wildman–Crippen LogP) is 0.393. The predicted molar refractivity (Wildman–Crippen MR) is 116 cm³/mol. The molecule has 1 unspecified atom stereocenters. The van der Waals surface area contributed by atoms with Gasteiger partial charge in [-0.15, -0.1) is 0 Å². The number of carbonyl (C=O) groups excluding carboxylic acids is 2. The Morgan fingerprint density at radius 2 is 2.03 bits per heavy atom. The molecule has 4 aliphatic carbocycles. The van der Waals surface area contributed by atoms with Crippen LogP contribution in [-0.2, 0) is 21.4 Å².